The average molecular weight is 373 g/mol. The van der Waals surface area contributed by atoms with Gasteiger partial charge in [0.15, 0.2) is 6.10 Å². The van der Waals surface area contributed by atoms with E-state index in [1.807, 2.05) is 12.1 Å². The van der Waals surface area contributed by atoms with Crippen molar-refractivity contribution in [3.63, 3.8) is 0 Å². The fourth-order valence-corrected chi connectivity index (χ4v) is 2.73. The molecule has 3 aromatic rings. The van der Waals surface area contributed by atoms with Crippen LogP contribution in [0.3, 0.4) is 0 Å². The number of halogens is 1. The van der Waals surface area contributed by atoms with Crippen molar-refractivity contribution in [2.75, 3.05) is 12.4 Å². The van der Waals surface area contributed by atoms with E-state index in [2.05, 4.69) is 10.3 Å². The largest absolute Gasteiger partial charge is 0.497 e. The number of benzene rings is 2. The Balaban J connectivity index is 1.67. The Morgan fingerprint density at radius 1 is 1.12 bits per heavy atom. The quantitative estimate of drug-likeness (QED) is 0.663. The number of hydrogen-bond donors (Lipinski definition) is 2. The first-order valence-corrected chi connectivity index (χ1v) is 8.29. The summed E-state index contributed by atoms with van der Waals surface area (Å²) in [5.41, 5.74) is 1.42. The molecule has 0 fully saturated rings. The predicted octanol–water partition coefficient (Wildman–Crippen LogP) is 4.01. The molecule has 2 aromatic carbocycles. The van der Waals surface area contributed by atoms with E-state index in [1.54, 1.807) is 43.5 Å². The van der Waals surface area contributed by atoms with E-state index in [0.29, 0.717) is 11.4 Å². The zero-order valence-electron chi connectivity index (χ0n) is 14.2. The van der Waals surface area contributed by atoms with E-state index < -0.39 is 18.0 Å². The molecule has 1 atom stereocenters. The van der Waals surface area contributed by atoms with E-state index in [0.717, 1.165) is 10.9 Å². The number of hydrogen-bond acceptors (Lipinski definition) is 4. The number of amides is 1. The molecule has 0 saturated heterocycles. The van der Waals surface area contributed by atoms with Crippen LogP contribution < -0.4 is 10.1 Å². The highest BCUT2D eigenvalue weighted by Crippen LogP contribution is 2.28. The average Bonchev–Trinajstić information content (AvgIpc) is 2.99. The monoisotopic (exact) mass is 372 g/mol. The number of esters is 1. The van der Waals surface area contributed by atoms with Gasteiger partial charge in [-0.25, -0.2) is 4.79 Å². The van der Waals surface area contributed by atoms with Crippen molar-refractivity contribution in [2.45, 2.75) is 13.0 Å². The molecule has 134 valence electrons. The normalized spacial score (nSPS) is 11.8. The second kappa shape index (κ2) is 7.49. The molecule has 0 bridgehead atoms. The van der Waals surface area contributed by atoms with Gasteiger partial charge in [0.05, 0.1) is 12.1 Å². The summed E-state index contributed by atoms with van der Waals surface area (Å²) in [4.78, 5) is 27.5. The number of carbonyl (C=O) groups is 2. The van der Waals surface area contributed by atoms with Crippen LogP contribution in [-0.4, -0.2) is 30.1 Å². The van der Waals surface area contributed by atoms with Crippen LogP contribution >= 0.6 is 11.6 Å². The van der Waals surface area contributed by atoms with Gasteiger partial charge in [-0.1, -0.05) is 29.8 Å². The number of nitrogens with one attached hydrogen (secondary N) is 2. The van der Waals surface area contributed by atoms with E-state index in [4.69, 9.17) is 21.1 Å². The molecule has 1 heterocycles. The van der Waals surface area contributed by atoms with Crippen LogP contribution in [0.2, 0.25) is 5.02 Å². The van der Waals surface area contributed by atoms with Crippen LogP contribution in [0.15, 0.2) is 48.5 Å². The van der Waals surface area contributed by atoms with Gasteiger partial charge in [0.25, 0.3) is 5.91 Å². The molecule has 6 nitrogen and oxygen atoms in total. The third kappa shape index (κ3) is 3.65. The van der Waals surface area contributed by atoms with Crippen LogP contribution in [-0.2, 0) is 9.53 Å². The number of H-pyrrole nitrogens is 1. The molecule has 7 heteroatoms. The van der Waals surface area contributed by atoms with Gasteiger partial charge in [-0.3, -0.25) is 4.79 Å². The van der Waals surface area contributed by atoms with Gasteiger partial charge in [-0.15, -0.1) is 0 Å². The van der Waals surface area contributed by atoms with Gasteiger partial charge < -0.3 is 19.8 Å². The molecule has 0 saturated carbocycles. The van der Waals surface area contributed by atoms with Gasteiger partial charge in [0, 0.05) is 16.6 Å². The predicted molar refractivity (Wildman–Crippen MR) is 99.8 cm³/mol. The third-order valence-corrected chi connectivity index (χ3v) is 4.25. The van der Waals surface area contributed by atoms with Gasteiger partial charge in [0.1, 0.15) is 11.4 Å². The number of fused-ring (bicyclic) bond motifs is 1. The summed E-state index contributed by atoms with van der Waals surface area (Å²) in [6, 6.07) is 14.1. The minimum Gasteiger partial charge on any atom is -0.497 e. The minimum absolute atomic E-state index is 0.122. The van der Waals surface area contributed by atoms with Gasteiger partial charge in [-0.2, -0.15) is 0 Å². The van der Waals surface area contributed by atoms with Gasteiger partial charge in [-0.05, 0) is 37.3 Å². The molecule has 1 amide bonds. The summed E-state index contributed by atoms with van der Waals surface area (Å²) < 4.78 is 10.3. The zero-order valence-corrected chi connectivity index (χ0v) is 15.0. The highest BCUT2D eigenvalue weighted by molar-refractivity contribution is 6.38. The smallest absolute Gasteiger partial charge is 0.357 e. The van der Waals surface area contributed by atoms with Crippen molar-refractivity contribution < 1.29 is 19.1 Å². The van der Waals surface area contributed by atoms with Crippen LogP contribution in [0.4, 0.5) is 5.69 Å². The molecule has 0 radical (unpaired) electrons. The standard InChI is InChI=1S/C19H17ClN2O4/c1-11(18(23)21-12-7-9-13(25-2)10-8-12)26-19(24)17-16(20)14-5-3-4-6-15(14)22-17/h3-11,22H,1-2H3,(H,21,23). The summed E-state index contributed by atoms with van der Waals surface area (Å²) in [6.45, 7) is 1.49. The van der Waals surface area contributed by atoms with Crippen molar-refractivity contribution in [2.24, 2.45) is 0 Å². The fraction of sp³-hybridized carbons (Fsp3) is 0.158. The molecule has 1 unspecified atom stereocenters. The fourth-order valence-electron chi connectivity index (χ4n) is 2.44. The van der Waals surface area contributed by atoms with Crippen molar-refractivity contribution in [1.82, 2.24) is 4.98 Å². The van der Waals surface area contributed by atoms with Crippen LogP contribution in [0, 0.1) is 0 Å². The number of carbonyl (C=O) groups excluding carboxylic acids is 2. The lowest BCUT2D eigenvalue weighted by molar-refractivity contribution is -0.123. The van der Waals surface area contributed by atoms with Crippen molar-refractivity contribution >= 4 is 40.1 Å². The Bertz CT molecular complexity index is 950. The molecule has 0 aliphatic heterocycles. The molecule has 0 spiro atoms. The van der Waals surface area contributed by atoms with Crippen molar-refractivity contribution in [3.8, 4) is 5.75 Å². The van der Waals surface area contributed by atoms with E-state index in [9.17, 15) is 9.59 Å². The summed E-state index contributed by atoms with van der Waals surface area (Å²) in [5.74, 6) is -0.463. The Hall–Kier alpha value is -2.99. The lowest BCUT2D eigenvalue weighted by Crippen LogP contribution is -2.30. The van der Waals surface area contributed by atoms with E-state index in [1.165, 1.54) is 6.92 Å². The number of aromatic amines is 1. The van der Waals surface area contributed by atoms with Gasteiger partial charge >= 0.3 is 5.97 Å². The lowest BCUT2D eigenvalue weighted by Gasteiger charge is -2.13. The molecule has 1 aromatic heterocycles. The summed E-state index contributed by atoms with van der Waals surface area (Å²) in [6.07, 6.45) is -0.993. The Morgan fingerprint density at radius 3 is 2.46 bits per heavy atom. The highest BCUT2D eigenvalue weighted by atomic mass is 35.5. The number of para-hydroxylation sites is 1. The maximum absolute atomic E-state index is 12.4. The topological polar surface area (TPSA) is 80.4 Å². The Labute approximate surface area is 155 Å². The SMILES string of the molecule is COc1ccc(NC(=O)C(C)OC(=O)c2[nH]c3ccccc3c2Cl)cc1. The first-order chi connectivity index (χ1) is 12.5. The molecular weight excluding hydrogens is 356 g/mol. The van der Waals surface area contributed by atoms with Crippen LogP contribution in [0.5, 0.6) is 5.75 Å². The number of aromatic nitrogens is 1. The summed E-state index contributed by atoms with van der Waals surface area (Å²) in [5, 5.41) is 3.67. The molecule has 3 rings (SSSR count). The first kappa shape index (κ1) is 17.8. The van der Waals surface area contributed by atoms with Crippen LogP contribution in [0.1, 0.15) is 17.4 Å². The van der Waals surface area contributed by atoms with Crippen LogP contribution in [0.25, 0.3) is 10.9 Å². The summed E-state index contributed by atoms with van der Waals surface area (Å²) in [7, 11) is 1.56. The molecule has 26 heavy (non-hydrogen) atoms. The van der Waals surface area contributed by atoms with E-state index >= 15 is 0 Å². The zero-order chi connectivity index (χ0) is 18.7. The molecule has 0 aliphatic carbocycles. The third-order valence-electron chi connectivity index (χ3n) is 3.86. The number of methoxy groups -OCH3 is 1. The second-order valence-electron chi connectivity index (χ2n) is 5.62. The maximum atomic E-state index is 12.4. The molecular formula is C19H17ClN2O4. The van der Waals surface area contributed by atoms with Crippen molar-refractivity contribution in [3.05, 3.63) is 59.2 Å². The lowest BCUT2D eigenvalue weighted by atomic mass is 10.2. The maximum Gasteiger partial charge on any atom is 0.357 e. The van der Waals surface area contributed by atoms with Gasteiger partial charge in [0.2, 0.25) is 0 Å². The number of rotatable bonds is 5. The highest BCUT2D eigenvalue weighted by Gasteiger charge is 2.23. The Morgan fingerprint density at radius 2 is 1.81 bits per heavy atom. The molecule has 0 aliphatic rings. The second-order valence-corrected chi connectivity index (χ2v) is 6.00. The minimum atomic E-state index is -0.993. The van der Waals surface area contributed by atoms with Crippen molar-refractivity contribution in [1.29, 1.82) is 0 Å². The Kier molecular flexibility index (Phi) is 5.14. The number of anilines is 1. The molecule has 2 N–H and O–H groups in total. The number of ether oxygens (including phenoxy) is 2. The van der Waals surface area contributed by atoms with E-state index in [-0.39, 0.29) is 10.7 Å². The first-order valence-electron chi connectivity index (χ1n) is 7.91. The summed E-state index contributed by atoms with van der Waals surface area (Å²) >= 11 is 6.23.